The van der Waals surface area contributed by atoms with E-state index in [-0.39, 0.29) is 0 Å². The standard InChI is InChI=1S/C6H11O2/c1-2-3-7-4-6-5-8-6/h3,6H,2,4-5H2,1H3. The molecule has 1 saturated heterocycles. The Bertz CT molecular complexity index is 59.5. The van der Waals surface area contributed by atoms with E-state index in [4.69, 9.17) is 9.47 Å². The van der Waals surface area contributed by atoms with Crippen LogP contribution in [0.1, 0.15) is 13.3 Å². The molecule has 2 heteroatoms. The Labute approximate surface area is 49.8 Å². The van der Waals surface area contributed by atoms with Crippen molar-refractivity contribution in [2.45, 2.75) is 19.4 Å². The molecule has 1 aliphatic rings. The fourth-order valence-electron chi connectivity index (χ4n) is 0.457. The van der Waals surface area contributed by atoms with Gasteiger partial charge in [-0.1, -0.05) is 6.92 Å². The molecule has 1 heterocycles. The molecular weight excluding hydrogens is 104 g/mol. The van der Waals surface area contributed by atoms with E-state index in [9.17, 15) is 0 Å². The molecule has 8 heavy (non-hydrogen) atoms. The van der Waals surface area contributed by atoms with Gasteiger partial charge in [0, 0.05) is 0 Å². The van der Waals surface area contributed by atoms with Crippen LogP contribution in [0.3, 0.4) is 0 Å². The van der Waals surface area contributed by atoms with E-state index < -0.39 is 0 Å². The van der Waals surface area contributed by atoms with E-state index in [0.29, 0.717) is 6.10 Å². The summed E-state index contributed by atoms with van der Waals surface area (Å²) in [5, 5.41) is 0. The predicted octanol–water partition coefficient (Wildman–Crippen LogP) is 0.974. The SMILES string of the molecule is CC[CH]OCC1CO1. The molecule has 0 aromatic heterocycles. The van der Waals surface area contributed by atoms with Gasteiger partial charge in [-0.05, 0) is 6.42 Å². The molecule has 2 nitrogen and oxygen atoms in total. The molecule has 1 radical (unpaired) electrons. The summed E-state index contributed by atoms with van der Waals surface area (Å²) < 4.78 is 9.97. The van der Waals surface area contributed by atoms with E-state index in [2.05, 4.69) is 0 Å². The maximum absolute atomic E-state index is 5.06. The minimum atomic E-state index is 0.401. The molecule has 1 aliphatic heterocycles. The van der Waals surface area contributed by atoms with Crippen molar-refractivity contribution in [2.24, 2.45) is 0 Å². The van der Waals surface area contributed by atoms with Gasteiger partial charge in [-0.25, -0.2) is 0 Å². The lowest BCUT2D eigenvalue weighted by Gasteiger charge is -1.94. The molecule has 0 aliphatic carbocycles. The summed E-state index contributed by atoms with van der Waals surface area (Å²) in [6.45, 7) is 5.49. The first-order chi connectivity index (χ1) is 3.93. The first kappa shape index (κ1) is 6.05. The van der Waals surface area contributed by atoms with Gasteiger partial charge in [0.05, 0.1) is 19.8 Å². The Morgan fingerprint density at radius 1 is 1.88 bits per heavy atom. The van der Waals surface area contributed by atoms with Gasteiger partial charge in [0.1, 0.15) is 6.10 Å². The lowest BCUT2D eigenvalue weighted by molar-refractivity contribution is 0.168. The van der Waals surface area contributed by atoms with Crippen molar-refractivity contribution < 1.29 is 9.47 Å². The van der Waals surface area contributed by atoms with E-state index >= 15 is 0 Å². The summed E-state index contributed by atoms with van der Waals surface area (Å²) in [7, 11) is 0. The van der Waals surface area contributed by atoms with Gasteiger partial charge in [-0.3, -0.25) is 0 Å². The molecule has 0 N–H and O–H groups in total. The Balaban J connectivity index is 1.74. The third-order valence-corrected chi connectivity index (χ3v) is 0.969. The molecule has 47 valence electrons. The highest BCUT2D eigenvalue weighted by Crippen LogP contribution is 2.08. The third-order valence-electron chi connectivity index (χ3n) is 0.969. The Kier molecular flexibility index (Phi) is 2.30. The van der Waals surface area contributed by atoms with Crippen LogP contribution in [0.2, 0.25) is 0 Å². The monoisotopic (exact) mass is 115 g/mol. The fraction of sp³-hybridized carbons (Fsp3) is 0.833. The van der Waals surface area contributed by atoms with Crippen LogP contribution in [0.5, 0.6) is 0 Å². The molecule has 1 fully saturated rings. The third kappa shape index (κ3) is 2.28. The Morgan fingerprint density at radius 3 is 3.12 bits per heavy atom. The number of epoxide rings is 1. The van der Waals surface area contributed by atoms with Gasteiger partial charge >= 0.3 is 0 Å². The van der Waals surface area contributed by atoms with Crippen LogP contribution < -0.4 is 0 Å². The zero-order valence-corrected chi connectivity index (χ0v) is 5.09. The van der Waals surface area contributed by atoms with E-state index in [1.165, 1.54) is 0 Å². The molecule has 1 unspecified atom stereocenters. The number of hydrogen-bond acceptors (Lipinski definition) is 2. The first-order valence-electron chi connectivity index (χ1n) is 2.98. The van der Waals surface area contributed by atoms with Gasteiger partial charge in [-0.2, -0.15) is 0 Å². The molecule has 1 rings (SSSR count). The Morgan fingerprint density at radius 2 is 2.62 bits per heavy atom. The number of rotatable bonds is 4. The van der Waals surface area contributed by atoms with Crippen molar-refractivity contribution in [3.05, 3.63) is 6.61 Å². The van der Waals surface area contributed by atoms with Crippen LogP contribution in [-0.2, 0) is 9.47 Å². The highest BCUT2D eigenvalue weighted by atomic mass is 16.6. The lowest BCUT2D eigenvalue weighted by Crippen LogP contribution is -1.97. The van der Waals surface area contributed by atoms with Crippen LogP contribution >= 0.6 is 0 Å². The summed E-state index contributed by atoms with van der Waals surface area (Å²) in [5.74, 6) is 0. The quantitative estimate of drug-likeness (QED) is 0.402. The van der Waals surface area contributed by atoms with Gasteiger partial charge in [0.25, 0.3) is 0 Å². The summed E-state index contributed by atoms with van der Waals surface area (Å²) in [6, 6.07) is 0. The van der Waals surface area contributed by atoms with E-state index in [1.54, 1.807) is 0 Å². The smallest absolute Gasteiger partial charge is 0.104 e. The normalized spacial score (nSPS) is 25.9. The van der Waals surface area contributed by atoms with Crippen LogP contribution in [0.15, 0.2) is 0 Å². The number of hydrogen-bond donors (Lipinski definition) is 0. The molecule has 1 atom stereocenters. The average molecular weight is 115 g/mol. The summed E-state index contributed by atoms with van der Waals surface area (Å²) in [4.78, 5) is 0. The van der Waals surface area contributed by atoms with Crippen molar-refractivity contribution >= 4 is 0 Å². The maximum atomic E-state index is 5.06. The van der Waals surface area contributed by atoms with Gasteiger partial charge in [0.15, 0.2) is 0 Å². The van der Waals surface area contributed by atoms with E-state index in [1.807, 2.05) is 13.5 Å². The molecule has 0 bridgehead atoms. The highest BCUT2D eigenvalue weighted by Gasteiger charge is 2.21. The second-order valence-electron chi connectivity index (χ2n) is 1.86. The molecule has 0 saturated carbocycles. The van der Waals surface area contributed by atoms with E-state index in [0.717, 1.165) is 19.6 Å². The topological polar surface area (TPSA) is 21.8 Å². The van der Waals surface area contributed by atoms with Crippen molar-refractivity contribution in [3.63, 3.8) is 0 Å². The van der Waals surface area contributed by atoms with Crippen molar-refractivity contribution in [3.8, 4) is 0 Å². The van der Waals surface area contributed by atoms with Crippen LogP contribution in [0, 0.1) is 6.61 Å². The second kappa shape index (κ2) is 3.05. The molecular formula is C6H11O2. The number of ether oxygens (including phenoxy) is 2. The summed E-state index contributed by atoms with van der Waals surface area (Å²) in [5.41, 5.74) is 0. The zero-order valence-electron chi connectivity index (χ0n) is 5.09. The fourth-order valence-corrected chi connectivity index (χ4v) is 0.457. The minimum Gasteiger partial charge on any atom is -0.373 e. The summed E-state index contributed by atoms with van der Waals surface area (Å²) in [6.07, 6.45) is 1.38. The lowest BCUT2D eigenvalue weighted by atomic mass is 10.5. The van der Waals surface area contributed by atoms with Crippen LogP contribution in [-0.4, -0.2) is 19.3 Å². The molecule has 0 aromatic rings. The van der Waals surface area contributed by atoms with Gasteiger partial charge in [0.2, 0.25) is 0 Å². The van der Waals surface area contributed by atoms with Crippen molar-refractivity contribution in [1.82, 2.24) is 0 Å². The van der Waals surface area contributed by atoms with Crippen molar-refractivity contribution in [2.75, 3.05) is 13.2 Å². The van der Waals surface area contributed by atoms with Crippen LogP contribution in [0.4, 0.5) is 0 Å². The van der Waals surface area contributed by atoms with Gasteiger partial charge < -0.3 is 9.47 Å². The first-order valence-corrected chi connectivity index (χ1v) is 2.98. The zero-order chi connectivity index (χ0) is 5.82. The molecule has 0 spiro atoms. The second-order valence-corrected chi connectivity index (χ2v) is 1.86. The predicted molar refractivity (Wildman–Crippen MR) is 30.3 cm³/mol. The summed E-state index contributed by atoms with van der Waals surface area (Å²) >= 11 is 0. The van der Waals surface area contributed by atoms with Gasteiger partial charge in [-0.15, -0.1) is 0 Å². The maximum Gasteiger partial charge on any atom is 0.104 e. The molecule has 0 amide bonds. The Hall–Kier alpha value is -0.0800. The van der Waals surface area contributed by atoms with Crippen LogP contribution in [0.25, 0.3) is 0 Å². The largest absolute Gasteiger partial charge is 0.373 e. The van der Waals surface area contributed by atoms with Crippen molar-refractivity contribution in [1.29, 1.82) is 0 Å². The highest BCUT2D eigenvalue weighted by molar-refractivity contribution is 4.67. The average Bonchev–Trinajstić information content (AvgIpc) is 2.51. The molecule has 0 aromatic carbocycles. The minimum absolute atomic E-state index is 0.401.